The van der Waals surface area contributed by atoms with Crippen molar-refractivity contribution in [3.8, 4) is 5.88 Å². The van der Waals surface area contributed by atoms with Crippen LogP contribution in [0.25, 0.3) is 10.8 Å². The van der Waals surface area contributed by atoms with Crippen LogP contribution in [0.1, 0.15) is 0 Å². The molecule has 0 radical (unpaired) electrons. The number of benzene rings is 1. The molecule has 0 amide bonds. The minimum atomic E-state index is -0.459. The number of rotatable bonds is 2. The van der Waals surface area contributed by atoms with Crippen molar-refractivity contribution >= 4 is 32.4 Å². The lowest BCUT2D eigenvalue weighted by molar-refractivity contribution is -0.383. The lowest BCUT2D eigenvalue weighted by Gasteiger charge is -2.05. The first-order chi connectivity index (χ1) is 7.65. The van der Waals surface area contributed by atoms with E-state index >= 15 is 0 Å². The molecule has 1 heterocycles. The van der Waals surface area contributed by atoms with Crippen LogP contribution in [0.15, 0.2) is 28.9 Å². The molecule has 0 aliphatic heterocycles. The highest BCUT2D eigenvalue weighted by Gasteiger charge is 2.18. The van der Waals surface area contributed by atoms with Gasteiger partial charge in [0.2, 0.25) is 5.88 Å². The van der Waals surface area contributed by atoms with Crippen LogP contribution in [-0.4, -0.2) is 17.0 Å². The average molecular weight is 283 g/mol. The summed E-state index contributed by atoms with van der Waals surface area (Å²) >= 11 is 3.29. The van der Waals surface area contributed by atoms with Crippen LogP contribution in [0.4, 0.5) is 5.69 Å². The first-order valence-electron chi connectivity index (χ1n) is 4.40. The van der Waals surface area contributed by atoms with E-state index in [-0.39, 0.29) is 5.69 Å². The van der Waals surface area contributed by atoms with E-state index in [2.05, 4.69) is 20.9 Å². The predicted octanol–water partition coefficient (Wildman–Crippen LogP) is 2.91. The number of nitrogens with zero attached hydrogens (tertiary/aromatic N) is 2. The topological polar surface area (TPSA) is 65.3 Å². The van der Waals surface area contributed by atoms with Gasteiger partial charge in [0.1, 0.15) is 6.20 Å². The number of hydrogen-bond donors (Lipinski definition) is 0. The van der Waals surface area contributed by atoms with Crippen molar-refractivity contribution in [2.24, 2.45) is 0 Å². The normalized spacial score (nSPS) is 10.4. The van der Waals surface area contributed by atoms with Crippen molar-refractivity contribution in [2.75, 3.05) is 7.11 Å². The Labute approximate surface area is 99.3 Å². The first-order valence-corrected chi connectivity index (χ1v) is 5.20. The van der Waals surface area contributed by atoms with Crippen molar-refractivity contribution in [3.63, 3.8) is 0 Å². The highest BCUT2D eigenvalue weighted by Crippen LogP contribution is 2.35. The molecule has 0 saturated heterocycles. The zero-order valence-electron chi connectivity index (χ0n) is 8.31. The van der Waals surface area contributed by atoms with Gasteiger partial charge >= 0.3 is 0 Å². The Bertz CT molecular complexity index is 571. The summed E-state index contributed by atoms with van der Waals surface area (Å²) in [5.74, 6) is 0.377. The van der Waals surface area contributed by atoms with Gasteiger partial charge in [-0.05, 0) is 28.1 Å². The summed E-state index contributed by atoms with van der Waals surface area (Å²) in [6.07, 6.45) is 1.20. The van der Waals surface area contributed by atoms with Gasteiger partial charge in [-0.3, -0.25) is 10.1 Å². The summed E-state index contributed by atoms with van der Waals surface area (Å²) in [5.41, 5.74) is -0.0386. The predicted molar refractivity (Wildman–Crippen MR) is 62.6 cm³/mol. The van der Waals surface area contributed by atoms with Crippen molar-refractivity contribution in [1.29, 1.82) is 0 Å². The fourth-order valence-electron chi connectivity index (χ4n) is 1.52. The number of hydrogen-bond acceptors (Lipinski definition) is 4. The standard InChI is InChI=1S/C10H7BrN2O3/c1-16-10-6-3-2-4-7(11)9(6)8(5-12-10)13(14)15/h2-5H,1H3. The van der Waals surface area contributed by atoms with Gasteiger partial charge in [-0.25, -0.2) is 4.98 Å². The smallest absolute Gasteiger partial charge is 0.296 e. The Kier molecular flexibility index (Phi) is 2.74. The fourth-order valence-corrected chi connectivity index (χ4v) is 2.09. The van der Waals surface area contributed by atoms with Gasteiger partial charge in [-0.1, -0.05) is 6.07 Å². The van der Waals surface area contributed by atoms with Crippen LogP contribution >= 0.6 is 15.9 Å². The van der Waals surface area contributed by atoms with Gasteiger partial charge in [-0.2, -0.15) is 0 Å². The molecule has 2 aromatic rings. The third-order valence-corrected chi connectivity index (χ3v) is 2.86. The second kappa shape index (κ2) is 4.05. The number of halogens is 1. The SMILES string of the molecule is COc1ncc([N+](=O)[O-])c2c(Br)cccc12. The Hall–Kier alpha value is -1.69. The van der Waals surface area contributed by atoms with Crippen LogP contribution in [0, 0.1) is 10.1 Å². The Balaban J connectivity index is 2.92. The number of aromatic nitrogens is 1. The first kappa shape index (κ1) is 10.8. The molecule has 82 valence electrons. The van der Waals surface area contributed by atoms with Crippen molar-refractivity contribution in [1.82, 2.24) is 4.98 Å². The molecule has 5 nitrogen and oxygen atoms in total. The summed E-state index contributed by atoms with van der Waals surface area (Å²) in [5, 5.41) is 12.0. The minimum Gasteiger partial charge on any atom is -0.481 e. The number of pyridine rings is 1. The molecule has 2 rings (SSSR count). The van der Waals surface area contributed by atoms with E-state index in [1.165, 1.54) is 13.3 Å². The molecule has 1 aromatic heterocycles. The van der Waals surface area contributed by atoms with E-state index in [1.807, 2.05) is 0 Å². The molecule has 0 aliphatic carbocycles. The fraction of sp³-hybridized carbons (Fsp3) is 0.100. The molecular weight excluding hydrogens is 276 g/mol. The maximum Gasteiger partial charge on any atom is 0.296 e. The van der Waals surface area contributed by atoms with Crippen molar-refractivity contribution < 1.29 is 9.66 Å². The Morgan fingerprint density at radius 1 is 1.50 bits per heavy atom. The van der Waals surface area contributed by atoms with Crippen LogP contribution < -0.4 is 4.74 Å². The lowest BCUT2D eigenvalue weighted by atomic mass is 10.1. The maximum absolute atomic E-state index is 10.9. The summed E-state index contributed by atoms with van der Waals surface area (Å²) in [7, 11) is 1.48. The molecule has 0 atom stereocenters. The molecule has 0 saturated carbocycles. The molecule has 0 aliphatic rings. The molecular formula is C10H7BrN2O3. The highest BCUT2D eigenvalue weighted by molar-refractivity contribution is 9.10. The Morgan fingerprint density at radius 3 is 2.88 bits per heavy atom. The zero-order valence-corrected chi connectivity index (χ0v) is 9.89. The molecule has 1 aromatic carbocycles. The molecule has 0 unspecified atom stereocenters. The summed E-state index contributed by atoms with van der Waals surface area (Å²) in [6, 6.07) is 5.26. The molecule has 6 heteroatoms. The quantitative estimate of drug-likeness (QED) is 0.628. The Morgan fingerprint density at radius 2 is 2.25 bits per heavy atom. The van der Waals surface area contributed by atoms with Gasteiger partial charge in [0, 0.05) is 4.47 Å². The molecule has 0 N–H and O–H groups in total. The van der Waals surface area contributed by atoms with Gasteiger partial charge in [0.25, 0.3) is 5.69 Å². The molecule has 16 heavy (non-hydrogen) atoms. The van der Waals surface area contributed by atoms with Crippen LogP contribution in [0.3, 0.4) is 0 Å². The van der Waals surface area contributed by atoms with Gasteiger partial charge < -0.3 is 4.74 Å². The molecule has 0 fully saturated rings. The molecule has 0 spiro atoms. The van der Waals surface area contributed by atoms with Crippen LogP contribution in [-0.2, 0) is 0 Å². The van der Waals surface area contributed by atoms with E-state index < -0.39 is 4.92 Å². The van der Waals surface area contributed by atoms with E-state index in [0.717, 1.165) is 0 Å². The third kappa shape index (κ3) is 1.61. The average Bonchev–Trinajstić information content (AvgIpc) is 2.28. The summed E-state index contributed by atoms with van der Waals surface area (Å²) in [4.78, 5) is 14.3. The largest absolute Gasteiger partial charge is 0.481 e. The molecule has 0 bridgehead atoms. The van der Waals surface area contributed by atoms with E-state index in [4.69, 9.17) is 4.74 Å². The van der Waals surface area contributed by atoms with Gasteiger partial charge in [0.15, 0.2) is 0 Å². The van der Waals surface area contributed by atoms with Crippen molar-refractivity contribution in [3.05, 3.63) is 39.0 Å². The van der Waals surface area contributed by atoms with E-state index in [1.54, 1.807) is 18.2 Å². The number of nitro groups is 1. The summed E-state index contributed by atoms with van der Waals surface area (Å²) < 4.78 is 5.71. The summed E-state index contributed by atoms with van der Waals surface area (Å²) in [6.45, 7) is 0. The second-order valence-electron chi connectivity index (χ2n) is 3.07. The minimum absolute atomic E-state index is 0.0386. The van der Waals surface area contributed by atoms with Gasteiger partial charge in [-0.15, -0.1) is 0 Å². The maximum atomic E-state index is 10.9. The van der Waals surface area contributed by atoms with Crippen LogP contribution in [0.2, 0.25) is 0 Å². The van der Waals surface area contributed by atoms with E-state index in [0.29, 0.717) is 21.1 Å². The highest BCUT2D eigenvalue weighted by atomic mass is 79.9. The number of fused-ring (bicyclic) bond motifs is 1. The lowest BCUT2D eigenvalue weighted by Crippen LogP contribution is -1.95. The number of methoxy groups -OCH3 is 1. The zero-order chi connectivity index (χ0) is 11.7. The van der Waals surface area contributed by atoms with Crippen LogP contribution in [0.5, 0.6) is 5.88 Å². The monoisotopic (exact) mass is 282 g/mol. The second-order valence-corrected chi connectivity index (χ2v) is 3.93. The number of ether oxygens (including phenoxy) is 1. The third-order valence-electron chi connectivity index (χ3n) is 2.19. The van der Waals surface area contributed by atoms with Crippen molar-refractivity contribution in [2.45, 2.75) is 0 Å². The van der Waals surface area contributed by atoms with Gasteiger partial charge in [0.05, 0.1) is 22.8 Å². The van der Waals surface area contributed by atoms with E-state index in [9.17, 15) is 10.1 Å².